The predicted octanol–water partition coefficient (Wildman–Crippen LogP) is 4.46. The van der Waals surface area contributed by atoms with E-state index < -0.39 is 5.60 Å². The molecule has 1 saturated carbocycles. The number of carbonyl (C=O) groups excluding carboxylic acids is 2. The lowest BCUT2D eigenvalue weighted by molar-refractivity contribution is -0.143. The van der Waals surface area contributed by atoms with E-state index in [2.05, 4.69) is 6.08 Å². The van der Waals surface area contributed by atoms with Crippen LogP contribution >= 0.6 is 0 Å². The molecule has 0 aromatic carbocycles. The molecule has 0 unspecified atom stereocenters. The summed E-state index contributed by atoms with van der Waals surface area (Å²) in [5.41, 5.74) is 0.901. The van der Waals surface area contributed by atoms with Crippen molar-refractivity contribution in [3.8, 4) is 0 Å². The summed E-state index contributed by atoms with van der Waals surface area (Å²) in [6.45, 7) is 8.78. The number of piperidine rings is 1. The lowest BCUT2D eigenvalue weighted by atomic mass is 9.76. The third-order valence-corrected chi connectivity index (χ3v) is 4.94. The van der Waals surface area contributed by atoms with Crippen molar-refractivity contribution in [2.24, 2.45) is 5.92 Å². The van der Waals surface area contributed by atoms with E-state index in [4.69, 9.17) is 9.47 Å². The highest BCUT2D eigenvalue weighted by molar-refractivity contribution is 5.69. The molecule has 25 heavy (non-hydrogen) atoms. The van der Waals surface area contributed by atoms with E-state index in [0.717, 1.165) is 38.6 Å². The zero-order valence-corrected chi connectivity index (χ0v) is 16.2. The minimum absolute atomic E-state index is 0.138. The van der Waals surface area contributed by atoms with Crippen molar-refractivity contribution in [2.45, 2.75) is 84.3 Å². The van der Waals surface area contributed by atoms with Crippen LogP contribution < -0.4 is 0 Å². The first-order valence-corrected chi connectivity index (χ1v) is 9.63. The van der Waals surface area contributed by atoms with E-state index in [1.807, 2.05) is 32.6 Å². The molecule has 1 aliphatic heterocycles. The highest BCUT2D eigenvalue weighted by Gasteiger charge is 2.38. The van der Waals surface area contributed by atoms with Gasteiger partial charge in [0.2, 0.25) is 0 Å². The van der Waals surface area contributed by atoms with Gasteiger partial charge in [-0.3, -0.25) is 4.79 Å². The number of esters is 1. The largest absolute Gasteiger partial charge is 0.466 e. The number of likely N-dealkylation sites (tertiary alicyclic amines) is 1. The molecule has 0 bridgehead atoms. The number of rotatable bonds is 4. The van der Waals surface area contributed by atoms with E-state index >= 15 is 0 Å². The normalized spacial score (nSPS) is 25.4. The predicted molar refractivity (Wildman–Crippen MR) is 97.3 cm³/mol. The molecule has 1 aliphatic carbocycles. The van der Waals surface area contributed by atoms with E-state index in [1.165, 1.54) is 12.0 Å². The first-order valence-electron chi connectivity index (χ1n) is 9.63. The van der Waals surface area contributed by atoms with Gasteiger partial charge in [-0.2, -0.15) is 0 Å². The fourth-order valence-electron chi connectivity index (χ4n) is 3.85. The number of hydrogen-bond donors (Lipinski definition) is 0. The molecule has 2 atom stereocenters. The Morgan fingerprint density at radius 2 is 2.04 bits per heavy atom. The van der Waals surface area contributed by atoms with Crippen LogP contribution in [0.4, 0.5) is 4.79 Å². The second-order valence-corrected chi connectivity index (χ2v) is 8.09. The summed E-state index contributed by atoms with van der Waals surface area (Å²) in [4.78, 5) is 26.0. The monoisotopic (exact) mass is 351 g/mol. The maximum atomic E-state index is 12.6. The summed E-state index contributed by atoms with van der Waals surface area (Å²) in [6, 6.07) is 0.242. The topological polar surface area (TPSA) is 55.8 Å². The fourth-order valence-corrected chi connectivity index (χ4v) is 3.85. The van der Waals surface area contributed by atoms with Crippen LogP contribution in [0.15, 0.2) is 11.6 Å². The Labute approximate surface area is 151 Å². The van der Waals surface area contributed by atoms with Gasteiger partial charge < -0.3 is 14.4 Å². The smallest absolute Gasteiger partial charge is 0.410 e. The molecule has 0 radical (unpaired) electrons. The first kappa shape index (κ1) is 19.8. The summed E-state index contributed by atoms with van der Waals surface area (Å²) in [5.74, 6) is 0.435. The van der Waals surface area contributed by atoms with Crippen LogP contribution in [0.1, 0.15) is 72.6 Å². The van der Waals surface area contributed by atoms with Gasteiger partial charge in [0.25, 0.3) is 0 Å². The second kappa shape index (κ2) is 8.72. The molecular formula is C20H33NO4. The maximum absolute atomic E-state index is 12.6. The van der Waals surface area contributed by atoms with Crippen molar-refractivity contribution < 1.29 is 19.1 Å². The summed E-state index contributed by atoms with van der Waals surface area (Å²) in [6.07, 6.45) is 8.50. The molecule has 1 saturated heterocycles. The number of amides is 1. The average Bonchev–Trinajstić information content (AvgIpc) is 2.53. The number of hydrogen-bond acceptors (Lipinski definition) is 4. The van der Waals surface area contributed by atoms with E-state index in [9.17, 15) is 9.59 Å². The van der Waals surface area contributed by atoms with Crippen LogP contribution in [0.5, 0.6) is 0 Å². The molecular weight excluding hydrogens is 318 g/mol. The van der Waals surface area contributed by atoms with Gasteiger partial charge in [0, 0.05) is 19.0 Å². The van der Waals surface area contributed by atoms with Gasteiger partial charge in [-0.1, -0.05) is 11.6 Å². The average molecular weight is 351 g/mol. The number of carbonyl (C=O) groups is 2. The standard InChI is InChI=1S/C20H33NO4/c1-5-24-18(22)10-6-8-15-11-12-16-9-7-13-21(17(16)14-15)19(23)25-20(2,3)4/h8,16-17H,5-7,9-14H2,1-4H3/b15-8+/t16-,17-/m1/s1. The van der Waals surface area contributed by atoms with Gasteiger partial charge in [0.15, 0.2) is 0 Å². The van der Waals surface area contributed by atoms with Crippen LogP contribution in [0.3, 0.4) is 0 Å². The number of nitrogens with zero attached hydrogens (tertiary/aromatic N) is 1. The van der Waals surface area contributed by atoms with E-state index in [1.54, 1.807) is 0 Å². The molecule has 5 heteroatoms. The molecule has 5 nitrogen and oxygen atoms in total. The van der Waals surface area contributed by atoms with E-state index in [-0.39, 0.29) is 18.1 Å². The Kier molecular flexibility index (Phi) is 6.91. The van der Waals surface area contributed by atoms with Crippen LogP contribution in [-0.2, 0) is 14.3 Å². The van der Waals surface area contributed by atoms with Gasteiger partial charge in [0.05, 0.1) is 6.61 Å². The van der Waals surface area contributed by atoms with Crippen molar-refractivity contribution >= 4 is 12.1 Å². The van der Waals surface area contributed by atoms with Gasteiger partial charge in [-0.05, 0) is 72.1 Å². The molecule has 2 rings (SSSR count). The molecule has 2 fully saturated rings. The molecule has 1 amide bonds. The third-order valence-electron chi connectivity index (χ3n) is 4.94. The van der Waals surface area contributed by atoms with Crippen LogP contribution in [-0.4, -0.2) is 41.8 Å². The lowest BCUT2D eigenvalue weighted by Crippen LogP contribution is -2.51. The third kappa shape index (κ3) is 6.05. The maximum Gasteiger partial charge on any atom is 0.410 e. The Bertz CT molecular complexity index is 506. The molecule has 0 N–H and O–H groups in total. The fraction of sp³-hybridized carbons (Fsp3) is 0.800. The number of fused-ring (bicyclic) bond motifs is 1. The van der Waals surface area contributed by atoms with Crippen LogP contribution in [0, 0.1) is 5.92 Å². The minimum Gasteiger partial charge on any atom is -0.466 e. The SMILES string of the molecule is CCOC(=O)CC/C=C1\CC[C@H]2CCCN(C(=O)OC(C)(C)C)[C@@H]2C1. The minimum atomic E-state index is -0.461. The van der Waals surface area contributed by atoms with Crippen molar-refractivity contribution in [3.05, 3.63) is 11.6 Å². The Hall–Kier alpha value is -1.52. The Balaban J connectivity index is 1.95. The van der Waals surface area contributed by atoms with Gasteiger partial charge in [-0.15, -0.1) is 0 Å². The van der Waals surface area contributed by atoms with Crippen molar-refractivity contribution in [1.82, 2.24) is 4.90 Å². The summed E-state index contributed by atoms with van der Waals surface area (Å²) in [7, 11) is 0. The molecule has 142 valence electrons. The Morgan fingerprint density at radius 3 is 2.72 bits per heavy atom. The van der Waals surface area contributed by atoms with Crippen molar-refractivity contribution in [1.29, 1.82) is 0 Å². The highest BCUT2D eigenvalue weighted by atomic mass is 16.6. The zero-order chi connectivity index (χ0) is 18.4. The van der Waals surface area contributed by atoms with Crippen LogP contribution in [0.2, 0.25) is 0 Å². The molecule has 0 aromatic heterocycles. The summed E-state index contributed by atoms with van der Waals surface area (Å²) >= 11 is 0. The molecule has 2 aliphatic rings. The summed E-state index contributed by atoms with van der Waals surface area (Å²) in [5, 5.41) is 0. The number of ether oxygens (including phenoxy) is 2. The van der Waals surface area contributed by atoms with Crippen molar-refractivity contribution in [2.75, 3.05) is 13.2 Å². The molecule has 0 aromatic rings. The second-order valence-electron chi connectivity index (χ2n) is 8.09. The zero-order valence-electron chi connectivity index (χ0n) is 16.2. The van der Waals surface area contributed by atoms with Gasteiger partial charge >= 0.3 is 12.1 Å². The first-order chi connectivity index (χ1) is 11.8. The van der Waals surface area contributed by atoms with Crippen molar-refractivity contribution in [3.63, 3.8) is 0 Å². The quantitative estimate of drug-likeness (QED) is 0.554. The highest BCUT2D eigenvalue weighted by Crippen LogP contribution is 2.38. The summed E-state index contributed by atoms with van der Waals surface area (Å²) < 4.78 is 10.6. The van der Waals surface area contributed by atoms with E-state index in [0.29, 0.717) is 18.9 Å². The van der Waals surface area contributed by atoms with Crippen LogP contribution in [0.25, 0.3) is 0 Å². The number of allylic oxidation sites excluding steroid dienone is 1. The van der Waals surface area contributed by atoms with Gasteiger partial charge in [0.1, 0.15) is 5.60 Å². The molecule has 0 spiro atoms. The molecule has 1 heterocycles. The van der Waals surface area contributed by atoms with Gasteiger partial charge in [-0.25, -0.2) is 4.79 Å². The lowest BCUT2D eigenvalue weighted by Gasteiger charge is -2.44. The Morgan fingerprint density at radius 1 is 1.28 bits per heavy atom.